The molecule has 0 unspecified atom stereocenters. The van der Waals surface area contributed by atoms with Crippen molar-refractivity contribution < 1.29 is 9.66 Å². The molecule has 2 aromatic heterocycles. The van der Waals surface area contributed by atoms with Gasteiger partial charge in [-0.15, -0.1) is 11.3 Å². The van der Waals surface area contributed by atoms with E-state index in [1.165, 1.54) is 23.7 Å². The molecule has 0 aliphatic rings. The third-order valence-corrected chi connectivity index (χ3v) is 3.56. The molecule has 0 N–H and O–H groups in total. The molecule has 3 rings (SSSR count). The highest BCUT2D eigenvalue weighted by atomic mass is 32.1. The molecule has 0 saturated heterocycles. The van der Waals surface area contributed by atoms with E-state index in [4.69, 9.17) is 4.74 Å². The topological polar surface area (TPSA) is 78.2 Å². The minimum atomic E-state index is -0.471. The Morgan fingerprint density at radius 2 is 2.15 bits per heavy atom. The summed E-state index contributed by atoms with van der Waals surface area (Å²) in [6, 6.07) is 6.55. The first-order valence-electron chi connectivity index (χ1n) is 5.76. The quantitative estimate of drug-likeness (QED) is 0.542. The SMILES string of the molecule is Cc1ccc([N+](=O)[O-])c(Oc2ncnc3sccc23)c1. The van der Waals surface area contributed by atoms with Crippen LogP contribution in [0.5, 0.6) is 11.6 Å². The average Bonchev–Trinajstić information content (AvgIpc) is 2.88. The Morgan fingerprint density at radius 3 is 2.95 bits per heavy atom. The van der Waals surface area contributed by atoms with Gasteiger partial charge >= 0.3 is 5.69 Å². The van der Waals surface area contributed by atoms with Crippen molar-refractivity contribution in [2.24, 2.45) is 0 Å². The van der Waals surface area contributed by atoms with E-state index in [0.717, 1.165) is 15.8 Å². The van der Waals surface area contributed by atoms with E-state index < -0.39 is 4.92 Å². The Balaban J connectivity index is 2.09. The number of hydrogen-bond donors (Lipinski definition) is 0. The fourth-order valence-electron chi connectivity index (χ4n) is 1.81. The highest BCUT2D eigenvalue weighted by Crippen LogP contribution is 2.34. The fraction of sp³-hybridized carbons (Fsp3) is 0.0769. The molecule has 2 heterocycles. The number of fused-ring (bicyclic) bond motifs is 1. The third-order valence-electron chi connectivity index (χ3n) is 2.74. The number of aryl methyl sites for hydroxylation is 1. The second-order valence-corrected chi connectivity index (χ2v) is 5.04. The smallest absolute Gasteiger partial charge is 0.311 e. The van der Waals surface area contributed by atoms with Crippen LogP contribution in [0.4, 0.5) is 5.69 Å². The molecule has 0 amide bonds. The van der Waals surface area contributed by atoms with Crippen molar-refractivity contribution in [1.82, 2.24) is 9.97 Å². The number of nitrogens with zero attached hydrogens (tertiary/aromatic N) is 3. The number of nitro groups is 1. The summed E-state index contributed by atoms with van der Waals surface area (Å²) in [5.41, 5.74) is 0.791. The predicted molar refractivity (Wildman–Crippen MR) is 75.3 cm³/mol. The van der Waals surface area contributed by atoms with Crippen molar-refractivity contribution in [3.05, 3.63) is 51.7 Å². The lowest BCUT2D eigenvalue weighted by Gasteiger charge is -2.06. The maximum atomic E-state index is 11.0. The van der Waals surface area contributed by atoms with Crippen LogP contribution >= 0.6 is 11.3 Å². The summed E-state index contributed by atoms with van der Waals surface area (Å²) < 4.78 is 5.64. The van der Waals surface area contributed by atoms with Crippen LogP contribution in [0.15, 0.2) is 36.0 Å². The summed E-state index contributed by atoms with van der Waals surface area (Å²) in [4.78, 5) is 19.5. The molecule has 0 spiro atoms. The van der Waals surface area contributed by atoms with Gasteiger partial charge in [0, 0.05) is 6.07 Å². The molecule has 0 atom stereocenters. The maximum Gasteiger partial charge on any atom is 0.311 e. The van der Waals surface area contributed by atoms with E-state index in [2.05, 4.69) is 9.97 Å². The summed E-state index contributed by atoms with van der Waals surface area (Å²) in [5.74, 6) is 0.506. The Bertz CT molecular complexity index is 800. The monoisotopic (exact) mass is 287 g/mol. The Labute approximate surface area is 117 Å². The molecule has 100 valence electrons. The molecule has 0 saturated carbocycles. The molecular weight excluding hydrogens is 278 g/mol. The van der Waals surface area contributed by atoms with E-state index in [-0.39, 0.29) is 11.4 Å². The van der Waals surface area contributed by atoms with Gasteiger partial charge in [-0.1, -0.05) is 6.07 Å². The number of ether oxygens (including phenoxy) is 1. The van der Waals surface area contributed by atoms with Gasteiger partial charge < -0.3 is 4.74 Å². The molecule has 1 aromatic carbocycles. The van der Waals surface area contributed by atoms with Crippen molar-refractivity contribution in [2.75, 3.05) is 0 Å². The molecule has 0 aliphatic carbocycles. The molecule has 20 heavy (non-hydrogen) atoms. The first-order valence-corrected chi connectivity index (χ1v) is 6.64. The van der Waals surface area contributed by atoms with Crippen molar-refractivity contribution in [1.29, 1.82) is 0 Å². The van der Waals surface area contributed by atoms with Crippen LogP contribution < -0.4 is 4.74 Å². The van der Waals surface area contributed by atoms with Crippen LogP contribution in [-0.2, 0) is 0 Å². The Morgan fingerprint density at radius 1 is 1.30 bits per heavy atom. The highest BCUT2D eigenvalue weighted by molar-refractivity contribution is 7.16. The molecule has 0 bridgehead atoms. The number of nitro benzene ring substituents is 1. The number of hydrogen-bond acceptors (Lipinski definition) is 6. The zero-order valence-electron chi connectivity index (χ0n) is 10.4. The molecule has 0 radical (unpaired) electrons. The second-order valence-electron chi connectivity index (χ2n) is 4.15. The van der Waals surface area contributed by atoms with E-state index >= 15 is 0 Å². The van der Waals surface area contributed by atoms with Crippen LogP contribution in [0.2, 0.25) is 0 Å². The highest BCUT2D eigenvalue weighted by Gasteiger charge is 2.17. The van der Waals surface area contributed by atoms with Crippen molar-refractivity contribution in [2.45, 2.75) is 6.92 Å². The number of benzene rings is 1. The van der Waals surface area contributed by atoms with Gasteiger partial charge in [0.1, 0.15) is 11.2 Å². The van der Waals surface area contributed by atoms with Gasteiger partial charge in [0.2, 0.25) is 11.6 Å². The van der Waals surface area contributed by atoms with Crippen LogP contribution in [0, 0.1) is 17.0 Å². The van der Waals surface area contributed by atoms with Gasteiger partial charge in [-0.3, -0.25) is 10.1 Å². The van der Waals surface area contributed by atoms with E-state index in [1.807, 2.05) is 18.4 Å². The predicted octanol–water partition coefficient (Wildman–Crippen LogP) is 3.70. The fourth-order valence-corrected chi connectivity index (χ4v) is 2.53. The zero-order chi connectivity index (χ0) is 14.1. The first-order chi connectivity index (χ1) is 9.65. The summed E-state index contributed by atoms with van der Waals surface area (Å²) in [6.07, 6.45) is 1.38. The lowest BCUT2D eigenvalue weighted by molar-refractivity contribution is -0.385. The molecule has 0 aliphatic heterocycles. The Kier molecular flexibility index (Phi) is 3.03. The number of thiophene rings is 1. The van der Waals surface area contributed by atoms with Gasteiger partial charge in [-0.05, 0) is 30.0 Å². The van der Waals surface area contributed by atoms with Gasteiger partial charge in [-0.2, -0.15) is 0 Å². The van der Waals surface area contributed by atoms with E-state index in [0.29, 0.717) is 5.88 Å². The minimum absolute atomic E-state index is 0.0856. The van der Waals surface area contributed by atoms with Crippen molar-refractivity contribution >= 4 is 27.2 Å². The van der Waals surface area contributed by atoms with Gasteiger partial charge in [0.05, 0.1) is 10.3 Å². The summed E-state index contributed by atoms with van der Waals surface area (Å²) in [5, 5.41) is 13.6. The molecular formula is C13H9N3O3S. The summed E-state index contributed by atoms with van der Waals surface area (Å²) in [6.45, 7) is 1.84. The lowest BCUT2D eigenvalue weighted by Crippen LogP contribution is -1.95. The third kappa shape index (κ3) is 2.19. The number of rotatable bonds is 3. The van der Waals surface area contributed by atoms with Crippen LogP contribution in [0.25, 0.3) is 10.2 Å². The summed E-state index contributed by atoms with van der Waals surface area (Å²) >= 11 is 1.46. The van der Waals surface area contributed by atoms with Crippen LogP contribution in [-0.4, -0.2) is 14.9 Å². The van der Waals surface area contributed by atoms with Crippen LogP contribution in [0.3, 0.4) is 0 Å². The molecule has 3 aromatic rings. The first kappa shape index (κ1) is 12.5. The lowest BCUT2D eigenvalue weighted by atomic mass is 10.2. The maximum absolute atomic E-state index is 11.0. The van der Waals surface area contributed by atoms with Crippen molar-refractivity contribution in [3.8, 4) is 11.6 Å². The van der Waals surface area contributed by atoms with Gasteiger partial charge in [-0.25, -0.2) is 9.97 Å². The number of aromatic nitrogens is 2. The molecule has 7 heteroatoms. The minimum Gasteiger partial charge on any atom is -0.431 e. The normalized spacial score (nSPS) is 10.7. The average molecular weight is 287 g/mol. The van der Waals surface area contributed by atoms with E-state index in [1.54, 1.807) is 12.1 Å². The zero-order valence-corrected chi connectivity index (χ0v) is 11.3. The van der Waals surface area contributed by atoms with Crippen molar-refractivity contribution in [3.63, 3.8) is 0 Å². The second kappa shape index (κ2) is 4.86. The summed E-state index contributed by atoms with van der Waals surface area (Å²) in [7, 11) is 0. The van der Waals surface area contributed by atoms with Gasteiger partial charge in [0.25, 0.3) is 0 Å². The van der Waals surface area contributed by atoms with Crippen LogP contribution in [0.1, 0.15) is 5.56 Å². The van der Waals surface area contributed by atoms with E-state index in [9.17, 15) is 10.1 Å². The van der Waals surface area contributed by atoms with Gasteiger partial charge in [0.15, 0.2) is 0 Å². The standard InChI is InChI=1S/C13H9N3O3S/c1-8-2-3-10(16(17)18)11(6-8)19-12-9-4-5-20-13(9)15-7-14-12/h2-7H,1H3. The molecule has 6 nitrogen and oxygen atoms in total. The molecule has 0 fully saturated rings. The largest absolute Gasteiger partial charge is 0.431 e. The Hall–Kier alpha value is -2.54.